The number of aldehydes is 1. The Morgan fingerprint density at radius 3 is 3.08 bits per heavy atom. The summed E-state index contributed by atoms with van der Waals surface area (Å²) < 4.78 is 5.53. The van der Waals surface area contributed by atoms with Crippen LogP contribution in [0.25, 0.3) is 0 Å². The van der Waals surface area contributed by atoms with Gasteiger partial charge in [-0.15, -0.1) is 0 Å². The summed E-state index contributed by atoms with van der Waals surface area (Å²) in [6.07, 6.45) is 4.06. The van der Waals surface area contributed by atoms with Gasteiger partial charge in [-0.25, -0.2) is 0 Å². The number of hydrogen-bond acceptors (Lipinski definition) is 2. The van der Waals surface area contributed by atoms with Crippen LogP contribution in [0.2, 0.25) is 0 Å². The summed E-state index contributed by atoms with van der Waals surface area (Å²) >= 11 is 0. The fourth-order valence-corrected chi connectivity index (χ4v) is 1.68. The molecule has 0 spiro atoms. The molecule has 1 aliphatic rings. The average molecular weight is 176 g/mol. The van der Waals surface area contributed by atoms with Crippen molar-refractivity contribution in [2.45, 2.75) is 19.3 Å². The highest BCUT2D eigenvalue weighted by Gasteiger charge is 2.11. The molecule has 0 radical (unpaired) electrons. The van der Waals surface area contributed by atoms with Gasteiger partial charge in [-0.2, -0.15) is 0 Å². The summed E-state index contributed by atoms with van der Waals surface area (Å²) in [4.78, 5) is 10.7. The third-order valence-electron chi connectivity index (χ3n) is 2.37. The Hall–Kier alpha value is -1.31. The van der Waals surface area contributed by atoms with Gasteiger partial charge in [0, 0.05) is 11.1 Å². The van der Waals surface area contributed by atoms with E-state index in [0.29, 0.717) is 0 Å². The highest BCUT2D eigenvalue weighted by atomic mass is 16.5. The molecule has 0 aliphatic carbocycles. The van der Waals surface area contributed by atoms with Crippen LogP contribution in [0.3, 0.4) is 0 Å². The van der Waals surface area contributed by atoms with E-state index >= 15 is 0 Å². The molecule has 0 amide bonds. The maximum absolute atomic E-state index is 10.7. The summed E-state index contributed by atoms with van der Waals surface area (Å²) in [7, 11) is 0. The van der Waals surface area contributed by atoms with E-state index in [4.69, 9.17) is 4.74 Å². The predicted octanol–water partition coefficient (Wildman–Crippen LogP) is 2.21. The molecule has 68 valence electrons. The van der Waals surface area contributed by atoms with Crippen LogP contribution in [0.4, 0.5) is 0 Å². The molecular weight excluding hydrogens is 164 g/mol. The van der Waals surface area contributed by atoms with E-state index in [1.807, 2.05) is 18.2 Å². The second-order valence-corrected chi connectivity index (χ2v) is 3.25. The van der Waals surface area contributed by atoms with Crippen LogP contribution in [0.15, 0.2) is 18.2 Å². The predicted molar refractivity (Wildman–Crippen MR) is 50.3 cm³/mol. The van der Waals surface area contributed by atoms with E-state index in [1.165, 1.54) is 0 Å². The largest absolute Gasteiger partial charge is 0.493 e. The number of fused-ring (bicyclic) bond motifs is 1. The summed E-state index contributed by atoms with van der Waals surface area (Å²) in [6.45, 7) is 0.773. The summed E-state index contributed by atoms with van der Waals surface area (Å²) in [5, 5.41) is 0. The second-order valence-electron chi connectivity index (χ2n) is 3.25. The van der Waals surface area contributed by atoms with Crippen molar-refractivity contribution in [3.05, 3.63) is 29.3 Å². The fraction of sp³-hybridized carbons (Fsp3) is 0.364. The molecule has 2 rings (SSSR count). The maximum Gasteiger partial charge on any atom is 0.150 e. The minimum atomic E-state index is 0.773. The molecule has 1 aliphatic heterocycles. The zero-order chi connectivity index (χ0) is 9.10. The summed E-state index contributed by atoms with van der Waals surface area (Å²) in [5.74, 6) is 0.891. The molecule has 0 aromatic heterocycles. The van der Waals surface area contributed by atoms with Crippen molar-refractivity contribution in [3.63, 3.8) is 0 Å². The molecule has 0 N–H and O–H groups in total. The summed E-state index contributed by atoms with van der Waals surface area (Å²) in [5.41, 5.74) is 1.86. The zero-order valence-electron chi connectivity index (χ0n) is 7.45. The number of rotatable bonds is 1. The Kier molecular flexibility index (Phi) is 2.30. The Morgan fingerprint density at radius 2 is 2.23 bits per heavy atom. The van der Waals surface area contributed by atoms with E-state index in [9.17, 15) is 4.79 Å². The van der Waals surface area contributed by atoms with Crippen LogP contribution in [0.5, 0.6) is 5.75 Å². The van der Waals surface area contributed by atoms with Crippen LogP contribution in [0.1, 0.15) is 28.8 Å². The monoisotopic (exact) mass is 176 g/mol. The standard InChI is InChI=1S/C11H12O2/c12-8-9-4-3-6-11-10(9)5-1-2-7-13-11/h3-4,6,8H,1-2,5,7H2. The Bertz CT molecular complexity index is 318. The molecule has 0 saturated heterocycles. The van der Waals surface area contributed by atoms with Crippen molar-refractivity contribution < 1.29 is 9.53 Å². The number of benzene rings is 1. The molecule has 1 aromatic carbocycles. The van der Waals surface area contributed by atoms with Crippen molar-refractivity contribution >= 4 is 6.29 Å². The van der Waals surface area contributed by atoms with Crippen molar-refractivity contribution in [2.75, 3.05) is 6.61 Å². The topological polar surface area (TPSA) is 26.3 Å². The van der Waals surface area contributed by atoms with Crippen LogP contribution in [0, 0.1) is 0 Å². The van der Waals surface area contributed by atoms with Crippen molar-refractivity contribution in [2.24, 2.45) is 0 Å². The van der Waals surface area contributed by atoms with E-state index in [2.05, 4.69) is 0 Å². The minimum absolute atomic E-state index is 0.773. The van der Waals surface area contributed by atoms with E-state index < -0.39 is 0 Å². The van der Waals surface area contributed by atoms with Gasteiger partial charge in [0.2, 0.25) is 0 Å². The van der Waals surface area contributed by atoms with Gasteiger partial charge in [-0.3, -0.25) is 4.79 Å². The number of hydrogen-bond donors (Lipinski definition) is 0. The van der Waals surface area contributed by atoms with Gasteiger partial charge < -0.3 is 4.74 Å². The molecule has 0 unspecified atom stereocenters. The molecule has 2 heteroatoms. The fourth-order valence-electron chi connectivity index (χ4n) is 1.68. The molecule has 1 heterocycles. The Morgan fingerprint density at radius 1 is 1.31 bits per heavy atom. The third kappa shape index (κ3) is 1.57. The van der Waals surface area contributed by atoms with Crippen molar-refractivity contribution in [1.29, 1.82) is 0 Å². The molecule has 0 fully saturated rings. The first-order chi connectivity index (χ1) is 6.42. The van der Waals surface area contributed by atoms with E-state index in [-0.39, 0.29) is 0 Å². The number of carbonyl (C=O) groups excluding carboxylic acids is 1. The van der Waals surface area contributed by atoms with Gasteiger partial charge in [-0.1, -0.05) is 12.1 Å². The van der Waals surface area contributed by atoms with Gasteiger partial charge in [0.15, 0.2) is 0 Å². The van der Waals surface area contributed by atoms with E-state index in [0.717, 1.165) is 49.0 Å². The van der Waals surface area contributed by atoms with Gasteiger partial charge in [0.25, 0.3) is 0 Å². The first kappa shape index (κ1) is 8.30. The van der Waals surface area contributed by atoms with Crippen LogP contribution in [-0.2, 0) is 6.42 Å². The van der Waals surface area contributed by atoms with Crippen LogP contribution < -0.4 is 4.74 Å². The SMILES string of the molecule is O=Cc1cccc2c1CCCCO2. The first-order valence-electron chi connectivity index (χ1n) is 4.61. The molecule has 0 bridgehead atoms. The van der Waals surface area contributed by atoms with Crippen LogP contribution >= 0.6 is 0 Å². The normalized spacial score (nSPS) is 15.4. The zero-order valence-corrected chi connectivity index (χ0v) is 7.45. The lowest BCUT2D eigenvalue weighted by atomic mass is 10.0. The third-order valence-corrected chi connectivity index (χ3v) is 2.37. The quantitative estimate of drug-likeness (QED) is 0.613. The molecule has 0 saturated carbocycles. The molecule has 1 aromatic rings. The Balaban J connectivity index is 2.45. The minimum Gasteiger partial charge on any atom is -0.493 e. The molecule has 0 atom stereocenters. The van der Waals surface area contributed by atoms with Gasteiger partial charge >= 0.3 is 0 Å². The summed E-state index contributed by atoms with van der Waals surface area (Å²) in [6, 6.07) is 5.65. The molecule has 2 nitrogen and oxygen atoms in total. The lowest BCUT2D eigenvalue weighted by Gasteiger charge is -2.07. The average Bonchev–Trinajstić information content (AvgIpc) is 2.41. The van der Waals surface area contributed by atoms with Crippen molar-refractivity contribution in [1.82, 2.24) is 0 Å². The number of carbonyl (C=O) groups is 1. The maximum atomic E-state index is 10.7. The molecular formula is C11H12O2. The lowest BCUT2D eigenvalue weighted by molar-refractivity contribution is 0.112. The van der Waals surface area contributed by atoms with Gasteiger partial charge in [-0.05, 0) is 25.3 Å². The van der Waals surface area contributed by atoms with Gasteiger partial charge in [0.05, 0.1) is 6.61 Å². The smallest absolute Gasteiger partial charge is 0.150 e. The number of ether oxygens (including phenoxy) is 1. The first-order valence-corrected chi connectivity index (χ1v) is 4.61. The second kappa shape index (κ2) is 3.60. The highest BCUT2D eigenvalue weighted by molar-refractivity contribution is 5.78. The lowest BCUT2D eigenvalue weighted by Crippen LogP contribution is -1.96. The van der Waals surface area contributed by atoms with Gasteiger partial charge in [0.1, 0.15) is 12.0 Å². The Labute approximate surface area is 77.5 Å². The van der Waals surface area contributed by atoms with Crippen molar-refractivity contribution in [3.8, 4) is 5.75 Å². The molecule has 13 heavy (non-hydrogen) atoms. The highest BCUT2D eigenvalue weighted by Crippen LogP contribution is 2.26. The van der Waals surface area contributed by atoms with Crippen LogP contribution in [-0.4, -0.2) is 12.9 Å². The van der Waals surface area contributed by atoms with E-state index in [1.54, 1.807) is 0 Å².